The number of piperidine rings is 1. The normalized spacial score (nSPS) is 18.7. The molecule has 9 heteroatoms. The number of aromatic nitrogens is 5. The van der Waals surface area contributed by atoms with Gasteiger partial charge in [0, 0.05) is 36.3 Å². The van der Waals surface area contributed by atoms with Crippen LogP contribution in [0.15, 0.2) is 35.8 Å². The molecule has 1 saturated carbocycles. The lowest BCUT2D eigenvalue weighted by atomic mass is 10.0. The van der Waals surface area contributed by atoms with Gasteiger partial charge in [-0.25, -0.2) is 15.0 Å². The Hall–Kier alpha value is -3.17. The Morgan fingerprint density at radius 3 is 2.89 bits per heavy atom. The number of pyridine rings is 2. The molecule has 4 aromatic rings. The summed E-state index contributed by atoms with van der Waals surface area (Å²) in [7, 11) is 0. The molecule has 5 heterocycles. The van der Waals surface area contributed by atoms with Crippen molar-refractivity contribution in [3.63, 3.8) is 0 Å². The van der Waals surface area contributed by atoms with Crippen molar-refractivity contribution >= 4 is 33.4 Å². The van der Waals surface area contributed by atoms with Crippen LogP contribution >= 0.6 is 11.3 Å². The number of carbonyl (C=O) groups is 1. The lowest BCUT2D eigenvalue weighted by Gasteiger charge is -2.30. The van der Waals surface area contributed by atoms with Crippen molar-refractivity contribution in [3.8, 4) is 5.82 Å². The predicted molar refractivity (Wildman–Crippen MR) is 137 cm³/mol. The fourth-order valence-corrected chi connectivity index (χ4v) is 5.67. The number of aryl methyl sites for hydroxylation is 1. The molecule has 2 fully saturated rings. The van der Waals surface area contributed by atoms with Crippen LogP contribution in [0, 0.1) is 12.8 Å². The molecule has 6 rings (SSSR count). The Morgan fingerprint density at radius 1 is 1.23 bits per heavy atom. The molecular weight excluding hydrogens is 458 g/mol. The molecule has 0 spiro atoms. The van der Waals surface area contributed by atoms with Crippen LogP contribution < -0.4 is 5.32 Å². The van der Waals surface area contributed by atoms with Gasteiger partial charge in [-0.15, -0.1) is 11.3 Å². The first-order valence-corrected chi connectivity index (χ1v) is 13.2. The van der Waals surface area contributed by atoms with Gasteiger partial charge in [0.25, 0.3) is 5.91 Å². The van der Waals surface area contributed by atoms with E-state index in [1.54, 1.807) is 10.9 Å². The molecule has 2 aliphatic rings. The topological polar surface area (TPSA) is 88.8 Å². The molecule has 0 aromatic carbocycles. The van der Waals surface area contributed by atoms with Crippen molar-refractivity contribution in [3.05, 3.63) is 58.5 Å². The van der Waals surface area contributed by atoms with Crippen LogP contribution in [0.3, 0.4) is 0 Å². The number of carbonyl (C=O) groups excluding carboxylic acids is 1. The Bertz CT molecular complexity index is 1380. The Kier molecular flexibility index (Phi) is 5.82. The first kappa shape index (κ1) is 22.3. The highest BCUT2D eigenvalue weighted by atomic mass is 32.1. The molecule has 1 saturated heterocycles. The second kappa shape index (κ2) is 9.13. The monoisotopic (exact) mass is 487 g/mol. The van der Waals surface area contributed by atoms with Crippen molar-refractivity contribution in [1.82, 2.24) is 29.6 Å². The number of likely N-dealkylation sites (tertiary alicyclic amines) is 1. The second-order valence-electron chi connectivity index (χ2n) is 9.83. The van der Waals surface area contributed by atoms with Gasteiger partial charge in [-0.05, 0) is 63.3 Å². The van der Waals surface area contributed by atoms with Gasteiger partial charge in [-0.3, -0.25) is 15.0 Å². The zero-order chi connectivity index (χ0) is 23.9. The maximum Gasteiger partial charge on any atom is 0.258 e. The third-order valence-electron chi connectivity index (χ3n) is 6.84. The van der Waals surface area contributed by atoms with Crippen molar-refractivity contribution in [2.45, 2.75) is 52.0 Å². The van der Waals surface area contributed by atoms with E-state index < -0.39 is 0 Å². The summed E-state index contributed by atoms with van der Waals surface area (Å²) < 4.78 is 1.74. The third kappa shape index (κ3) is 4.58. The van der Waals surface area contributed by atoms with Gasteiger partial charge in [0.05, 0.1) is 22.3 Å². The van der Waals surface area contributed by atoms with E-state index in [1.165, 1.54) is 24.2 Å². The van der Waals surface area contributed by atoms with E-state index in [1.807, 2.05) is 31.2 Å². The SMILES string of the molecule is Cc1nn(-c2ccccn2)c2nc(C3CC3)cc(C(=O)Nc3nc(CN4CCCC(C)C4)cs3)c12. The summed E-state index contributed by atoms with van der Waals surface area (Å²) in [4.78, 5) is 30.1. The van der Waals surface area contributed by atoms with E-state index >= 15 is 0 Å². The molecule has 180 valence electrons. The number of hydrogen-bond donors (Lipinski definition) is 1. The van der Waals surface area contributed by atoms with Gasteiger partial charge in [-0.1, -0.05) is 13.0 Å². The summed E-state index contributed by atoms with van der Waals surface area (Å²) in [6, 6.07) is 7.64. The van der Waals surface area contributed by atoms with Gasteiger partial charge in [0.1, 0.15) is 0 Å². The van der Waals surface area contributed by atoms with Gasteiger partial charge >= 0.3 is 0 Å². The zero-order valence-corrected chi connectivity index (χ0v) is 20.9. The van der Waals surface area contributed by atoms with Gasteiger partial charge in [-0.2, -0.15) is 9.78 Å². The van der Waals surface area contributed by atoms with E-state index in [-0.39, 0.29) is 5.91 Å². The van der Waals surface area contributed by atoms with Gasteiger partial charge < -0.3 is 0 Å². The summed E-state index contributed by atoms with van der Waals surface area (Å²) in [5.41, 5.74) is 3.98. The Morgan fingerprint density at radius 2 is 2.11 bits per heavy atom. The van der Waals surface area contributed by atoms with Crippen molar-refractivity contribution in [2.75, 3.05) is 18.4 Å². The van der Waals surface area contributed by atoms with E-state index in [4.69, 9.17) is 15.1 Å². The molecule has 1 amide bonds. The minimum absolute atomic E-state index is 0.171. The van der Waals surface area contributed by atoms with Crippen molar-refractivity contribution < 1.29 is 4.79 Å². The summed E-state index contributed by atoms with van der Waals surface area (Å²) >= 11 is 1.48. The predicted octanol–water partition coefficient (Wildman–Crippen LogP) is 4.94. The Balaban J connectivity index is 1.30. The highest BCUT2D eigenvalue weighted by Gasteiger charge is 2.29. The molecule has 1 N–H and O–H groups in total. The first-order chi connectivity index (χ1) is 17.0. The molecule has 8 nitrogen and oxygen atoms in total. The quantitative estimate of drug-likeness (QED) is 0.414. The van der Waals surface area contributed by atoms with Crippen LogP contribution in [0.5, 0.6) is 0 Å². The first-order valence-electron chi connectivity index (χ1n) is 12.3. The lowest BCUT2D eigenvalue weighted by Crippen LogP contribution is -2.33. The molecule has 0 radical (unpaired) electrons. The average Bonchev–Trinajstić information content (AvgIpc) is 3.54. The molecule has 1 unspecified atom stereocenters. The summed E-state index contributed by atoms with van der Waals surface area (Å²) in [6.07, 6.45) is 6.47. The van der Waals surface area contributed by atoms with Crippen LogP contribution in [0.25, 0.3) is 16.9 Å². The standard InChI is InChI=1S/C26H29N7OS/c1-16-6-5-11-32(13-16)14-19-15-35-26(28-19)30-25(34)20-12-21(18-8-9-18)29-24-23(20)17(2)31-33(24)22-7-3-4-10-27-22/h3-4,7,10,12,15-16,18H,5-6,8-9,11,13-14H2,1-2H3,(H,28,30,34). The average molecular weight is 488 g/mol. The van der Waals surface area contributed by atoms with Crippen molar-refractivity contribution in [2.24, 2.45) is 5.92 Å². The fraction of sp³-hybridized carbons (Fsp3) is 0.423. The minimum atomic E-state index is -0.171. The molecule has 1 atom stereocenters. The smallest absolute Gasteiger partial charge is 0.258 e. The Labute approximate surface area is 208 Å². The number of amides is 1. The van der Waals surface area contributed by atoms with E-state index in [9.17, 15) is 4.79 Å². The van der Waals surface area contributed by atoms with Crippen LogP contribution in [0.4, 0.5) is 5.13 Å². The molecule has 0 bridgehead atoms. The summed E-state index contributed by atoms with van der Waals surface area (Å²) in [5, 5.41) is 11.2. The van der Waals surface area contributed by atoms with E-state index in [0.29, 0.717) is 28.1 Å². The summed E-state index contributed by atoms with van der Waals surface area (Å²) in [6.45, 7) is 7.28. The maximum atomic E-state index is 13.5. The maximum absolute atomic E-state index is 13.5. The number of hydrogen-bond acceptors (Lipinski definition) is 7. The molecule has 35 heavy (non-hydrogen) atoms. The van der Waals surface area contributed by atoms with Crippen LogP contribution in [-0.4, -0.2) is 48.6 Å². The van der Waals surface area contributed by atoms with E-state index in [2.05, 4.69) is 27.5 Å². The summed E-state index contributed by atoms with van der Waals surface area (Å²) in [5.74, 6) is 1.65. The number of thiazole rings is 1. The van der Waals surface area contributed by atoms with Gasteiger partial charge in [0.2, 0.25) is 0 Å². The number of anilines is 1. The molecule has 4 aromatic heterocycles. The highest BCUT2D eigenvalue weighted by molar-refractivity contribution is 7.14. The second-order valence-corrected chi connectivity index (χ2v) is 10.7. The molecule has 1 aliphatic carbocycles. The van der Waals surface area contributed by atoms with Crippen LogP contribution in [-0.2, 0) is 6.54 Å². The lowest BCUT2D eigenvalue weighted by molar-refractivity contribution is 0.102. The highest BCUT2D eigenvalue weighted by Crippen LogP contribution is 2.40. The largest absolute Gasteiger partial charge is 0.298 e. The number of fused-ring (bicyclic) bond motifs is 1. The van der Waals surface area contributed by atoms with E-state index in [0.717, 1.165) is 60.9 Å². The van der Waals surface area contributed by atoms with Crippen molar-refractivity contribution in [1.29, 1.82) is 0 Å². The van der Waals surface area contributed by atoms with Gasteiger partial charge in [0.15, 0.2) is 16.6 Å². The number of rotatable bonds is 6. The number of nitrogens with zero attached hydrogens (tertiary/aromatic N) is 6. The molecular formula is C26H29N7OS. The molecule has 1 aliphatic heterocycles. The third-order valence-corrected chi connectivity index (χ3v) is 7.64. The zero-order valence-electron chi connectivity index (χ0n) is 20.1. The fourth-order valence-electron chi connectivity index (χ4n) is 4.98. The minimum Gasteiger partial charge on any atom is -0.298 e. The van der Waals surface area contributed by atoms with Crippen LogP contribution in [0.1, 0.15) is 66.0 Å². The number of nitrogens with one attached hydrogen (secondary N) is 1. The van der Waals surface area contributed by atoms with Crippen LogP contribution in [0.2, 0.25) is 0 Å².